The summed E-state index contributed by atoms with van der Waals surface area (Å²) in [5.74, 6) is 0. The zero-order valence-corrected chi connectivity index (χ0v) is 11.0. The summed E-state index contributed by atoms with van der Waals surface area (Å²) in [6.45, 7) is 5.00. The Morgan fingerprint density at radius 3 is 0.833 bits per heavy atom. The van der Waals surface area contributed by atoms with Gasteiger partial charge in [-0.1, -0.05) is 0 Å². The molecule has 0 aliphatic heterocycles. The Morgan fingerprint density at radius 2 is 0.833 bits per heavy atom. The van der Waals surface area contributed by atoms with Gasteiger partial charge >= 0.3 is 0 Å². The van der Waals surface area contributed by atoms with Crippen LogP contribution in [0.5, 0.6) is 0 Å². The molecule has 0 rings (SSSR count). The quantitative estimate of drug-likeness (QED) is 0.581. The van der Waals surface area contributed by atoms with Gasteiger partial charge in [-0.25, -0.2) is 0 Å². The zero-order valence-electron chi connectivity index (χ0n) is 3.43. The van der Waals surface area contributed by atoms with Gasteiger partial charge in [0.2, 0.25) is 0 Å². The van der Waals surface area contributed by atoms with Crippen molar-refractivity contribution in [2.45, 2.75) is 6.92 Å². The number of hydrogen-bond acceptors (Lipinski definition) is 0. The molecule has 0 bridgehead atoms. The molecule has 0 N–H and O–H groups in total. The Bertz CT molecular complexity index is 8.75. The molecule has 0 nitrogen and oxygen atoms in total. The largest absolute Gasteiger partial charge is 0.346 e. The van der Waals surface area contributed by atoms with Gasteiger partial charge in [-0.15, -0.1) is 50.9 Å². The molecule has 0 amide bonds. The van der Waals surface area contributed by atoms with Crippen LogP contribution in [0.1, 0.15) is 6.92 Å². The number of hydrogen-bond donors (Lipinski definition) is 0. The molecule has 0 aromatic carbocycles. The van der Waals surface area contributed by atoms with E-state index in [4.69, 9.17) is 0 Å². The summed E-state index contributed by atoms with van der Waals surface area (Å²) in [5, 5.41) is 0. The minimum Gasteiger partial charge on any atom is -0.346 e. The van der Waals surface area contributed by atoms with Crippen LogP contribution in [0.4, 0.5) is 0 Å². The van der Waals surface area contributed by atoms with Crippen molar-refractivity contribution in [3.8, 4) is 0 Å². The van der Waals surface area contributed by atoms with E-state index in [2.05, 4.69) is 6.92 Å². The fourth-order valence-corrected chi connectivity index (χ4v) is 0. The Hall–Kier alpha value is 2.32. The fraction of sp³-hybridized carbons (Fsp3) is 0.500. The van der Waals surface area contributed by atoms with Gasteiger partial charge in [0.15, 0.2) is 0 Å². The van der Waals surface area contributed by atoms with Crippen LogP contribution in [0.2, 0.25) is 0 Å². The second kappa shape index (κ2) is 54.3. The number of halogens is 3. The molecule has 0 aliphatic rings. The Balaban J connectivity index is -0.000000000833. The zero-order chi connectivity index (χ0) is 2.00. The normalized spacial score (nSPS) is 1.00. The van der Waals surface area contributed by atoms with E-state index in [1.54, 1.807) is 6.92 Å². The third-order valence-corrected chi connectivity index (χ3v) is 0. The Morgan fingerprint density at radius 1 is 0.833 bits per heavy atom. The van der Waals surface area contributed by atoms with Gasteiger partial charge in [-0.2, -0.15) is 6.92 Å². The third-order valence-electron chi connectivity index (χ3n) is 0. The maximum Gasteiger partial charge on any atom is 0 e. The van der Waals surface area contributed by atoms with Gasteiger partial charge in [0.25, 0.3) is 0 Å². The van der Waals surface area contributed by atoms with E-state index in [9.17, 15) is 0 Å². The van der Waals surface area contributed by atoms with Crippen LogP contribution >= 0.6 is 50.9 Å². The van der Waals surface area contributed by atoms with E-state index in [0.717, 1.165) is 0 Å². The van der Waals surface area contributed by atoms with Crippen molar-refractivity contribution in [1.29, 1.82) is 0 Å². The molecular formula is C2H8Br3Zr-. The van der Waals surface area contributed by atoms with Crippen LogP contribution in [-0.2, 0) is 26.2 Å². The molecule has 0 aromatic rings. The molecule has 42 valence electrons. The molecule has 0 unspecified atom stereocenters. The van der Waals surface area contributed by atoms with Crippen molar-refractivity contribution in [1.82, 2.24) is 0 Å². The van der Waals surface area contributed by atoms with Gasteiger partial charge in [-0.05, 0) is 0 Å². The molecule has 0 heterocycles. The molecule has 4 heteroatoms. The number of rotatable bonds is 0. The second-order valence-electron chi connectivity index (χ2n) is 0. The molecule has 0 radical (unpaired) electrons. The summed E-state index contributed by atoms with van der Waals surface area (Å²) in [6, 6.07) is 0. The predicted molar refractivity (Wildman–Crippen MR) is 42.0 cm³/mol. The van der Waals surface area contributed by atoms with Crippen molar-refractivity contribution in [2.75, 3.05) is 0 Å². The molecule has 0 saturated carbocycles. The second-order valence-corrected chi connectivity index (χ2v) is 0. The molecule has 0 atom stereocenters. The summed E-state index contributed by atoms with van der Waals surface area (Å²) >= 11 is 0. The van der Waals surface area contributed by atoms with Crippen molar-refractivity contribution >= 4 is 50.9 Å². The molecular weight excluding hydrogens is 355 g/mol. The van der Waals surface area contributed by atoms with Crippen LogP contribution in [-0.4, -0.2) is 0 Å². The van der Waals surface area contributed by atoms with E-state index in [0.29, 0.717) is 0 Å². The first-order valence-corrected chi connectivity index (χ1v) is 0.707. The standard InChI is InChI=1S/C2H5.3BrH.Zr/c1-2;;;;/h1H2,2H3;3*1H;/q-1;;;;. The summed E-state index contributed by atoms with van der Waals surface area (Å²) in [7, 11) is 0. The maximum absolute atomic E-state index is 3.25. The van der Waals surface area contributed by atoms with Gasteiger partial charge in [0.1, 0.15) is 0 Å². The minimum atomic E-state index is 0. The van der Waals surface area contributed by atoms with Crippen LogP contribution in [0.3, 0.4) is 0 Å². The van der Waals surface area contributed by atoms with E-state index in [-0.39, 0.29) is 77.1 Å². The van der Waals surface area contributed by atoms with Gasteiger partial charge in [0, 0.05) is 26.2 Å². The summed E-state index contributed by atoms with van der Waals surface area (Å²) < 4.78 is 0. The summed E-state index contributed by atoms with van der Waals surface area (Å²) in [5.41, 5.74) is 0. The first-order chi connectivity index (χ1) is 1.00. The SMILES string of the molecule is Br.Br.Br.[CH2-]C.[Zr]. The van der Waals surface area contributed by atoms with Crippen LogP contribution in [0.25, 0.3) is 0 Å². The van der Waals surface area contributed by atoms with Gasteiger partial charge in [-0.3, -0.25) is 0 Å². The average Bonchev–Trinajstić information content (AvgIpc) is 1.00. The average molecular weight is 363 g/mol. The molecule has 0 fully saturated rings. The minimum absolute atomic E-state index is 0. The van der Waals surface area contributed by atoms with E-state index in [1.165, 1.54) is 0 Å². The van der Waals surface area contributed by atoms with E-state index >= 15 is 0 Å². The smallest absolute Gasteiger partial charge is 0 e. The first-order valence-electron chi connectivity index (χ1n) is 0.707. The van der Waals surface area contributed by atoms with Crippen molar-refractivity contribution in [3.05, 3.63) is 6.92 Å². The van der Waals surface area contributed by atoms with Crippen LogP contribution < -0.4 is 0 Å². The third kappa shape index (κ3) is 33.2. The van der Waals surface area contributed by atoms with Crippen LogP contribution in [0.15, 0.2) is 0 Å². The predicted octanol–water partition coefficient (Wildman–Crippen LogP) is 2.57. The van der Waals surface area contributed by atoms with E-state index in [1.807, 2.05) is 0 Å². The van der Waals surface area contributed by atoms with Crippen LogP contribution in [0, 0.1) is 6.92 Å². The van der Waals surface area contributed by atoms with Crippen molar-refractivity contribution in [2.24, 2.45) is 0 Å². The summed E-state index contributed by atoms with van der Waals surface area (Å²) in [6.07, 6.45) is 0. The van der Waals surface area contributed by atoms with Gasteiger partial charge in [0.05, 0.1) is 0 Å². The molecule has 0 saturated heterocycles. The molecule has 0 aliphatic carbocycles. The van der Waals surface area contributed by atoms with E-state index < -0.39 is 0 Å². The molecule has 0 spiro atoms. The first kappa shape index (κ1) is 40.4. The monoisotopic (exact) mass is 359 g/mol. The maximum atomic E-state index is 3.25. The molecule has 6 heavy (non-hydrogen) atoms. The summed E-state index contributed by atoms with van der Waals surface area (Å²) in [4.78, 5) is 0. The Kier molecular flexibility index (Phi) is 365. The molecule has 0 aromatic heterocycles. The van der Waals surface area contributed by atoms with Crippen molar-refractivity contribution < 1.29 is 26.2 Å². The van der Waals surface area contributed by atoms with Crippen molar-refractivity contribution in [3.63, 3.8) is 0 Å². The van der Waals surface area contributed by atoms with Gasteiger partial charge < -0.3 is 6.92 Å². The Labute approximate surface area is 89.9 Å². The topological polar surface area (TPSA) is 0 Å². The fourth-order valence-electron chi connectivity index (χ4n) is 0.